The summed E-state index contributed by atoms with van der Waals surface area (Å²) in [6.07, 6.45) is 5.60. The van der Waals surface area contributed by atoms with Crippen molar-refractivity contribution in [3.05, 3.63) is 64.9 Å². The van der Waals surface area contributed by atoms with Crippen LogP contribution in [0.2, 0.25) is 0 Å². The minimum absolute atomic E-state index is 0.0458. The number of carbonyl (C=O) groups is 2. The maximum atomic E-state index is 15.0. The van der Waals surface area contributed by atoms with E-state index in [1.807, 2.05) is 52.0 Å². The number of nitrogens with zero attached hydrogens (tertiary/aromatic N) is 2. The fourth-order valence-electron chi connectivity index (χ4n) is 4.76. The summed E-state index contributed by atoms with van der Waals surface area (Å²) in [4.78, 5) is 33.3. The lowest BCUT2D eigenvalue weighted by Crippen LogP contribution is -2.50. The molecular formula is C33H41FN6O4S. The minimum Gasteiger partial charge on any atom is -0.453 e. The SMILES string of the molecule is COCCN(Cc1ccc(-c2cc3c(s2)C(Oc2ccc(NC(=O)NC4CC4)cc2F)=CC(C)N3)nc1)C(=O)C(N)C(C)(C)C. The van der Waals surface area contributed by atoms with E-state index in [1.54, 1.807) is 24.3 Å². The van der Waals surface area contributed by atoms with Crippen molar-refractivity contribution in [1.82, 2.24) is 15.2 Å². The van der Waals surface area contributed by atoms with Gasteiger partial charge in [-0.2, -0.15) is 0 Å². The number of hydrogen-bond donors (Lipinski definition) is 4. The van der Waals surface area contributed by atoms with Crippen LogP contribution in [-0.2, 0) is 16.1 Å². The largest absolute Gasteiger partial charge is 0.453 e. The van der Waals surface area contributed by atoms with Crippen LogP contribution >= 0.6 is 11.3 Å². The molecule has 5 N–H and O–H groups in total. The third-order valence-electron chi connectivity index (χ3n) is 7.59. The van der Waals surface area contributed by atoms with Crippen LogP contribution in [0.15, 0.2) is 48.7 Å². The molecule has 1 aliphatic heterocycles. The number of urea groups is 1. The van der Waals surface area contributed by atoms with Gasteiger partial charge in [-0.1, -0.05) is 26.8 Å². The zero-order valence-electron chi connectivity index (χ0n) is 26.3. The zero-order chi connectivity index (χ0) is 32.3. The van der Waals surface area contributed by atoms with E-state index in [2.05, 4.69) is 16.0 Å². The number of fused-ring (bicyclic) bond motifs is 1. The molecule has 12 heteroatoms. The lowest BCUT2D eigenvalue weighted by molar-refractivity contribution is -0.136. The van der Waals surface area contributed by atoms with Gasteiger partial charge in [-0.05, 0) is 61.1 Å². The van der Waals surface area contributed by atoms with Gasteiger partial charge in [0, 0.05) is 50.2 Å². The molecule has 1 saturated carbocycles. The van der Waals surface area contributed by atoms with Gasteiger partial charge in [0.05, 0.1) is 33.8 Å². The van der Waals surface area contributed by atoms with Crippen molar-refractivity contribution in [2.75, 3.05) is 30.9 Å². The van der Waals surface area contributed by atoms with Gasteiger partial charge in [0.1, 0.15) is 5.76 Å². The van der Waals surface area contributed by atoms with Gasteiger partial charge in [-0.15, -0.1) is 11.3 Å². The van der Waals surface area contributed by atoms with Crippen LogP contribution in [0.5, 0.6) is 5.75 Å². The Labute approximate surface area is 267 Å². The molecule has 0 saturated heterocycles. The number of hydrogen-bond acceptors (Lipinski definition) is 8. The fourth-order valence-corrected chi connectivity index (χ4v) is 5.82. The van der Waals surface area contributed by atoms with Crippen molar-refractivity contribution in [2.45, 2.75) is 65.2 Å². The topological polar surface area (TPSA) is 131 Å². The normalized spacial score (nSPS) is 16.6. The van der Waals surface area contributed by atoms with E-state index in [1.165, 1.54) is 23.5 Å². The molecule has 3 amide bonds. The van der Waals surface area contributed by atoms with Gasteiger partial charge >= 0.3 is 6.03 Å². The van der Waals surface area contributed by atoms with Gasteiger partial charge in [-0.3, -0.25) is 9.78 Å². The number of anilines is 2. The predicted octanol–water partition coefficient (Wildman–Crippen LogP) is 5.82. The van der Waals surface area contributed by atoms with Gasteiger partial charge in [0.25, 0.3) is 0 Å². The average molecular weight is 637 g/mol. The summed E-state index contributed by atoms with van der Waals surface area (Å²) in [5.41, 5.74) is 8.77. The highest BCUT2D eigenvalue weighted by molar-refractivity contribution is 7.17. The number of nitrogens with one attached hydrogen (secondary N) is 3. The number of nitrogens with two attached hydrogens (primary N) is 1. The van der Waals surface area contributed by atoms with E-state index in [-0.39, 0.29) is 35.2 Å². The van der Waals surface area contributed by atoms with Gasteiger partial charge < -0.3 is 36.1 Å². The van der Waals surface area contributed by atoms with Crippen molar-refractivity contribution in [1.29, 1.82) is 0 Å². The van der Waals surface area contributed by atoms with E-state index in [4.69, 9.17) is 20.2 Å². The van der Waals surface area contributed by atoms with Crippen molar-refractivity contribution in [3.63, 3.8) is 0 Å². The standard InChI is InChI=1S/C33H41FN6O4S/c1-19-14-27(44-26-11-9-22(15-23(26)34)39-32(42)38-21-7-8-21)29-25(37-19)16-28(45-29)24-10-6-20(17-36-24)18-40(12-13-43-5)31(41)30(35)33(2,3)4/h6,9-11,14-17,19,21,30,37H,7-8,12-13,18,35H2,1-5H3,(H2,38,39,42). The second kappa shape index (κ2) is 13.6. The van der Waals surface area contributed by atoms with Crippen LogP contribution in [0.1, 0.15) is 51.0 Å². The first-order valence-electron chi connectivity index (χ1n) is 15.1. The number of aromatic nitrogens is 1. The maximum absolute atomic E-state index is 15.0. The number of benzene rings is 1. The number of pyridine rings is 1. The Hall–Kier alpha value is -4.00. The molecule has 1 fully saturated rings. The van der Waals surface area contributed by atoms with Crippen LogP contribution in [0.3, 0.4) is 0 Å². The molecule has 3 heterocycles. The second-order valence-electron chi connectivity index (χ2n) is 12.6. The zero-order valence-corrected chi connectivity index (χ0v) is 27.1. The van der Waals surface area contributed by atoms with Crippen LogP contribution in [0, 0.1) is 11.2 Å². The summed E-state index contributed by atoms with van der Waals surface area (Å²) in [5, 5.41) is 8.91. The number of halogens is 1. The Morgan fingerprint density at radius 2 is 2.00 bits per heavy atom. The van der Waals surface area contributed by atoms with Gasteiger partial charge in [-0.25, -0.2) is 9.18 Å². The van der Waals surface area contributed by atoms with Crippen LogP contribution < -0.4 is 26.4 Å². The highest BCUT2D eigenvalue weighted by Crippen LogP contribution is 2.42. The van der Waals surface area contributed by atoms with Crippen LogP contribution in [0.4, 0.5) is 20.6 Å². The van der Waals surface area contributed by atoms with E-state index in [9.17, 15) is 9.59 Å². The molecule has 2 unspecified atom stereocenters. The minimum atomic E-state index is -0.639. The number of thiophene rings is 1. The molecule has 3 aromatic rings. The highest BCUT2D eigenvalue weighted by atomic mass is 32.1. The Balaban J connectivity index is 1.29. The third-order valence-corrected chi connectivity index (χ3v) is 8.76. The second-order valence-corrected chi connectivity index (χ2v) is 13.6. The molecule has 0 bridgehead atoms. The average Bonchev–Trinajstić information content (AvgIpc) is 3.70. The van der Waals surface area contributed by atoms with Gasteiger partial charge in [0.15, 0.2) is 11.6 Å². The predicted molar refractivity (Wildman–Crippen MR) is 176 cm³/mol. The third kappa shape index (κ3) is 8.19. The Bertz CT molecular complexity index is 1560. The summed E-state index contributed by atoms with van der Waals surface area (Å²) in [7, 11) is 1.60. The van der Waals surface area contributed by atoms with Crippen LogP contribution in [0.25, 0.3) is 16.3 Å². The molecule has 1 aliphatic carbocycles. The van der Waals surface area contributed by atoms with Crippen molar-refractivity contribution in [2.24, 2.45) is 11.1 Å². The smallest absolute Gasteiger partial charge is 0.319 e. The first kappa shape index (κ1) is 32.4. The first-order chi connectivity index (χ1) is 21.4. The summed E-state index contributed by atoms with van der Waals surface area (Å²) in [6.45, 7) is 9.03. The summed E-state index contributed by atoms with van der Waals surface area (Å²) >= 11 is 1.49. The summed E-state index contributed by atoms with van der Waals surface area (Å²) < 4.78 is 26.3. The molecule has 2 aliphatic rings. The maximum Gasteiger partial charge on any atom is 0.319 e. The Morgan fingerprint density at radius 1 is 1.22 bits per heavy atom. The number of ether oxygens (including phenoxy) is 2. The highest BCUT2D eigenvalue weighted by Gasteiger charge is 2.31. The molecule has 0 spiro atoms. The van der Waals surface area contributed by atoms with E-state index in [0.29, 0.717) is 31.1 Å². The van der Waals surface area contributed by atoms with E-state index < -0.39 is 11.9 Å². The van der Waals surface area contributed by atoms with Crippen molar-refractivity contribution >= 4 is 40.4 Å². The van der Waals surface area contributed by atoms with Gasteiger partial charge in [0.2, 0.25) is 5.91 Å². The van der Waals surface area contributed by atoms with Crippen LogP contribution in [-0.4, -0.2) is 60.2 Å². The Kier molecular flexibility index (Phi) is 9.76. The molecule has 2 aromatic heterocycles. The molecule has 10 nitrogen and oxygen atoms in total. The molecule has 0 radical (unpaired) electrons. The fraction of sp³-hybridized carbons (Fsp3) is 0.424. The number of carbonyl (C=O) groups excluding carboxylic acids is 2. The number of rotatable bonds is 11. The first-order valence-corrected chi connectivity index (χ1v) is 15.9. The summed E-state index contributed by atoms with van der Waals surface area (Å²) in [6, 6.07) is 9.43. The molecule has 1 aromatic carbocycles. The lowest BCUT2D eigenvalue weighted by atomic mass is 9.86. The van der Waals surface area contributed by atoms with E-state index in [0.717, 1.165) is 39.5 Å². The van der Waals surface area contributed by atoms with Crippen molar-refractivity contribution in [3.8, 4) is 16.3 Å². The molecule has 2 atom stereocenters. The summed E-state index contributed by atoms with van der Waals surface area (Å²) in [5.74, 6) is -0.109. The quantitative estimate of drug-likeness (QED) is 0.209. The molecule has 5 rings (SSSR count). The molecule has 45 heavy (non-hydrogen) atoms. The number of amides is 3. The Morgan fingerprint density at radius 3 is 2.64 bits per heavy atom. The van der Waals surface area contributed by atoms with E-state index >= 15 is 4.39 Å². The monoisotopic (exact) mass is 636 g/mol. The number of methoxy groups -OCH3 is 1. The van der Waals surface area contributed by atoms with Crippen molar-refractivity contribution < 1.29 is 23.5 Å². The lowest BCUT2D eigenvalue weighted by Gasteiger charge is -2.32. The molecular weight excluding hydrogens is 595 g/mol. The molecule has 240 valence electrons.